The van der Waals surface area contributed by atoms with Gasteiger partial charge in [0.15, 0.2) is 0 Å². The van der Waals surface area contributed by atoms with Crippen LogP contribution >= 0.6 is 0 Å². The third-order valence-corrected chi connectivity index (χ3v) is 4.75. The van der Waals surface area contributed by atoms with Gasteiger partial charge < -0.3 is 0 Å². The maximum Gasteiger partial charge on any atom is -0.0219 e. The monoisotopic (exact) mass is 216 g/mol. The Morgan fingerprint density at radius 2 is 1.81 bits per heavy atom. The van der Waals surface area contributed by atoms with E-state index in [1.807, 2.05) is 0 Å². The molecule has 0 radical (unpaired) electrons. The summed E-state index contributed by atoms with van der Waals surface area (Å²) in [7, 11) is 0. The van der Waals surface area contributed by atoms with Gasteiger partial charge in [-0.05, 0) is 73.3 Å². The quantitative estimate of drug-likeness (QED) is 0.647. The molecule has 0 nitrogen and oxygen atoms in total. The van der Waals surface area contributed by atoms with Crippen molar-refractivity contribution in [3.63, 3.8) is 0 Å². The minimum atomic E-state index is 0.540. The Labute approximate surface area is 100 Å². The first-order valence-electron chi connectivity index (χ1n) is 6.55. The van der Waals surface area contributed by atoms with E-state index < -0.39 is 0 Å². The molecule has 88 valence electrons. The molecule has 0 aliphatic heterocycles. The summed E-state index contributed by atoms with van der Waals surface area (Å²) in [6.07, 6.45) is 5.23. The molecule has 0 heterocycles. The topological polar surface area (TPSA) is 0 Å². The van der Waals surface area contributed by atoms with Crippen LogP contribution < -0.4 is 0 Å². The summed E-state index contributed by atoms with van der Waals surface area (Å²) in [6.45, 7) is 11.6. The molecule has 0 heteroatoms. The Morgan fingerprint density at radius 1 is 1.12 bits per heavy atom. The number of benzene rings is 1. The van der Waals surface area contributed by atoms with E-state index in [1.165, 1.54) is 36.8 Å². The lowest BCUT2D eigenvalue weighted by atomic mass is 9.69. The van der Waals surface area contributed by atoms with Crippen molar-refractivity contribution in [2.24, 2.45) is 5.41 Å². The molecule has 1 unspecified atom stereocenters. The van der Waals surface area contributed by atoms with Crippen LogP contribution in [-0.4, -0.2) is 0 Å². The standard InChI is InChI=1S/C16H24/c1-6-16(5)8-7-14-12(3)9-11(2)13(4)15(14)10-16/h9H,6-8,10H2,1-5H3. The van der Waals surface area contributed by atoms with E-state index in [4.69, 9.17) is 0 Å². The van der Waals surface area contributed by atoms with Crippen molar-refractivity contribution in [2.75, 3.05) is 0 Å². The average Bonchev–Trinajstić information content (AvgIpc) is 2.26. The molecule has 0 N–H and O–H groups in total. The normalized spacial score (nSPS) is 24.3. The Balaban J connectivity index is 2.52. The average molecular weight is 216 g/mol. The first-order valence-corrected chi connectivity index (χ1v) is 6.55. The van der Waals surface area contributed by atoms with Gasteiger partial charge in [0.1, 0.15) is 0 Å². The lowest BCUT2D eigenvalue weighted by molar-refractivity contribution is 0.266. The molecule has 0 saturated heterocycles. The summed E-state index contributed by atoms with van der Waals surface area (Å²) < 4.78 is 0. The maximum absolute atomic E-state index is 2.45. The van der Waals surface area contributed by atoms with E-state index in [1.54, 1.807) is 16.7 Å². The number of aryl methyl sites for hydroxylation is 2. The van der Waals surface area contributed by atoms with Crippen molar-refractivity contribution in [3.8, 4) is 0 Å². The summed E-state index contributed by atoms with van der Waals surface area (Å²) >= 11 is 0. The molecule has 1 aliphatic rings. The zero-order valence-corrected chi connectivity index (χ0v) is 11.4. The summed E-state index contributed by atoms with van der Waals surface area (Å²) in [5.74, 6) is 0. The molecule has 0 saturated carbocycles. The number of rotatable bonds is 1. The molecule has 1 aromatic carbocycles. The zero-order valence-electron chi connectivity index (χ0n) is 11.4. The second kappa shape index (κ2) is 3.91. The van der Waals surface area contributed by atoms with Gasteiger partial charge in [0.2, 0.25) is 0 Å². The maximum atomic E-state index is 2.45. The van der Waals surface area contributed by atoms with E-state index in [0.29, 0.717) is 5.41 Å². The number of hydrogen-bond donors (Lipinski definition) is 0. The van der Waals surface area contributed by atoms with E-state index in [-0.39, 0.29) is 0 Å². The van der Waals surface area contributed by atoms with E-state index in [9.17, 15) is 0 Å². The Kier molecular flexibility index (Phi) is 2.86. The van der Waals surface area contributed by atoms with Gasteiger partial charge in [-0.3, -0.25) is 0 Å². The Morgan fingerprint density at radius 3 is 2.44 bits per heavy atom. The van der Waals surface area contributed by atoms with Gasteiger partial charge in [-0.2, -0.15) is 0 Å². The molecule has 1 atom stereocenters. The van der Waals surface area contributed by atoms with Crippen LogP contribution in [0, 0.1) is 26.2 Å². The molecule has 16 heavy (non-hydrogen) atoms. The van der Waals surface area contributed by atoms with Crippen LogP contribution in [0.2, 0.25) is 0 Å². The van der Waals surface area contributed by atoms with Crippen LogP contribution in [0.1, 0.15) is 54.5 Å². The highest BCUT2D eigenvalue weighted by molar-refractivity contribution is 5.46. The molecule has 0 bridgehead atoms. The van der Waals surface area contributed by atoms with Gasteiger partial charge in [0.05, 0.1) is 0 Å². The van der Waals surface area contributed by atoms with Crippen LogP contribution in [0.25, 0.3) is 0 Å². The van der Waals surface area contributed by atoms with E-state index in [0.717, 1.165) is 0 Å². The SMILES string of the molecule is CCC1(C)CCc2c(C)cc(C)c(C)c2C1. The van der Waals surface area contributed by atoms with E-state index in [2.05, 4.69) is 40.7 Å². The van der Waals surface area contributed by atoms with Crippen LogP contribution in [0.5, 0.6) is 0 Å². The molecular weight excluding hydrogens is 192 g/mol. The lowest BCUT2D eigenvalue weighted by Crippen LogP contribution is -2.26. The first-order chi connectivity index (χ1) is 7.47. The van der Waals surface area contributed by atoms with Gasteiger partial charge in [-0.25, -0.2) is 0 Å². The molecule has 0 aromatic heterocycles. The highest BCUT2D eigenvalue weighted by Crippen LogP contribution is 2.40. The molecule has 0 spiro atoms. The van der Waals surface area contributed by atoms with Crippen molar-refractivity contribution < 1.29 is 0 Å². The van der Waals surface area contributed by atoms with Crippen LogP contribution in [0.15, 0.2) is 6.07 Å². The predicted octanol–water partition coefficient (Wildman–Crippen LogP) is 4.52. The molecule has 0 amide bonds. The fourth-order valence-electron chi connectivity index (χ4n) is 3.05. The fraction of sp³-hybridized carbons (Fsp3) is 0.625. The largest absolute Gasteiger partial charge is 0.0649 e. The smallest absolute Gasteiger partial charge is 0.0219 e. The summed E-state index contributed by atoms with van der Waals surface area (Å²) in [4.78, 5) is 0. The molecular formula is C16H24. The first kappa shape index (κ1) is 11.7. The molecule has 1 aliphatic carbocycles. The van der Waals surface area contributed by atoms with Crippen LogP contribution in [-0.2, 0) is 12.8 Å². The number of fused-ring (bicyclic) bond motifs is 1. The van der Waals surface area contributed by atoms with Crippen molar-refractivity contribution in [1.29, 1.82) is 0 Å². The van der Waals surface area contributed by atoms with Crippen LogP contribution in [0.3, 0.4) is 0 Å². The van der Waals surface area contributed by atoms with Crippen LogP contribution in [0.4, 0.5) is 0 Å². The van der Waals surface area contributed by atoms with E-state index >= 15 is 0 Å². The van der Waals surface area contributed by atoms with Gasteiger partial charge in [0.25, 0.3) is 0 Å². The number of hydrogen-bond acceptors (Lipinski definition) is 0. The zero-order chi connectivity index (χ0) is 11.9. The second-order valence-corrected chi connectivity index (χ2v) is 5.93. The minimum Gasteiger partial charge on any atom is -0.0649 e. The Hall–Kier alpha value is -0.780. The minimum absolute atomic E-state index is 0.540. The third kappa shape index (κ3) is 1.79. The molecule has 2 rings (SSSR count). The fourth-order valence-corrected chi connectivity index (χ4v) is 3.05. The summed E-state index contributed by atoms with van der Waals surface area (Å²) in [6, 6.07) is 2.36. The lowest BCUT2D eigenvalue weighted by Gasteiger charge is -2.36. The molecule has 1 aromatic rings. The van der Waals surface area contributed by atoms with Crippen molar-refractivity contribution >= 4 is 0 Å². The van der Waals surface area contributed by atoms with Gasteiger partial charge in [-0.15, -0.1) is 0 Å². The highest BCUT2D eigenvalue weighted by Gasteiger charge is 2.30. The van der Waals surface area contributed by atoms with Gasteiger partial charge >= 0.3 is 0 Å². The van der Waals surface area contributed by atoms with Crippen molar-refractivity contribution in [3.05, 3.63) is 33.9 Å². The summed E-state index contributed by atoms with van der Waals surface area (Å²) in [5, 5.41) is 0. The van der Waals surface area contributed by atoms with Gasteiger partial charge in [0, 0.05) is 0 Å². The third-order valence-electron chi connectivity index (χ3n) is 4.75. The van der Waals surface area contributed by atoms with Crippen molar-refractivity contribution in [1.82, 2.24) is 0 Å². The van der Waals surface area contributed by atoms with Gasteiger partial charge in [-0.1, -0.05) is 26.3 Å². The highest BCUT2D eigenvalue weighted by atomic mass is 14.3. The molecule has 0 fully saturated rings. The predicted molar refractivity (Wildman–Crippen MR) is 71.1 cm³/mol. The summed E-state index contributed by atoms with van der Waals surface area (Å²) in [5.41, 5.74) is 8.37. The second-order valence-electron chi connectivity index (χ2n) is 5.93. The Bertz CT molecular complexity index is 415. The van der Waals surface area contributed by atoms with Crippen molar-refractivity contribution in [2.45, 2.75) is 60.3 Å².